The van der Waals surface area contributed by atoms with Crippen LogP contribution >= 0.6 is 0 Å². The van der Waals surface area contributed by atoms with E-state index in [0.717, 1.165) is 11.8 Å². The zero-order valence-corrected chi connectivity index (χ0v) is 12.6. The minimum atomic E-state index is -3.24. The summed E-state index contributed by atoms with van der Waals surface area (Å²) >= 11 is 0. The van der Waals surface area contributed by atoms with Crippen LogP contribution in [0.4, 0.5) is 11.4 Å². The van der Waals surface area contributed by atoms with E-state index in [4.69, 9.17) is 5.73 Å². The lowest BCUT2D eigenvalue weighted by molar-refractivity contribution is 0.102. The van der Waals surface area contributed by atoms with Gasteiger partial charge in [0.1, 0.15) is 0 Å². The molecule has 21 heavy (non-hydrogen) atoms. The average Bonchev–Trinajstić information content (AvgIpc) is 2.38. The summed E-state index contributed by atoms with van der Waals surface area (Å²) in [6.07, 6.45) is 1.14. The van der Waals surface area contributed by atoms with Crippen molar-refractivity contribution in [2.45, 2.75) is 11.8 Å². The number of sulfone groups is 1. The Balaban J connectivity index is 2.20. The van der Waals surface area contributed by atoms with E-state index in [1.54, 1.807) is 37.3 Å². The monoisotopic (exact) mass is 304 g/mol. The van der Waals surface area contributed by atoms with Crippen LogP contribution < -0.4 is 11.1 Å². The number of benzene rings is 2. The second kappa shape index (κ2) is 5.57. The van der Waals surface area contributed by atoms with Gasteiger partial charge in [0.2, 0.25) is 0 Å². The number of nitrogens with two attached hydrogens (primary N) is 1. The van der Waals surface area contributed by atoms with E-state index < -0.39 is 9.84 Å². The van der Waals surface area contributed by atoms with Gasteiger partial charge < -0.3 is 11.1 Å². The molecule has 2 aromatic carbocycles. The first-order valence-electron chi connectivity index (χ1n) is 6.25. The van der Waals surface area contributed by atoms with Crippen molar-refractivity contribution in [3.8, 4) is 0 Å². The Morgan fingerprint density at radius 3 is 2.24 bits per heavy atom. The van der Waals surface area contributed by atoms with Gasteiger partial charge in [0.15, 0.2) is 9.84 Å². The zero-order chi connectivity index (χ0) is 15.6. The van der Waals surface area contributed by atoms with Crippen molar-refractivity contribution in [1.82, 2.24) is 0 Å². The summed E-state index contributed by atoms with van der Waals surface area (Å²) in [5.41, 5.74) is 8.08. The number of hydrogen-bond donors (Lipinski definition) is 2. The van der Waals surface area contributed by atoms with Crippen LogP contribution in [0.3, 0.4) is 0 Å². The van der Waals surface area contributed by atoms with Gasteiger partial charge in [-0.3, -0.25) is 4.79 Å². The quantitative estimate of drug-likeness (QED) is 0.851. The van der Waals surface area contributed by atoms with Crippen molar-refractivity contribution in [3.05, 3.63) is 53.6 Å². The summed E-state index contributed by atoms with van der Waals surface area (Å²) in [5, 5.41) is 2.72. The second-order valence-electron chi connectivity index (χ2n) is 4.83. The molecule has 0 aliphatic carbocycles. The molecule has 5 nitrogen and oxygen atoms in total. The molecule has 0 aromatic heterocycles. The smallest absolute Gasteiger partial charge is 0.255 e. The van der Waals surface area contributed by atoms with Gasteiger partial charge in [-0.15, -0.1) is 0 Å². The van der Waals surface area contributed by atoms with Crippen LogP contribution in [0.25, 0.3) is 0 Å². The topological polar surface area (TPSA) is 89.3 Å². The van der Waals surface area contributed by atoms with E-state index in [1.807, 2.05) is 0 Å². The molecule has 0 bridgehead atoms. The normalized spacial score (nSPS) is 11.1. The first kappa shape index (κ1) is 15.1. The lowest BCUT2D eigenvalue weighted by Gasteiger charge is -2.09. The number of nitrogen functional groups attached to an aromatic ring is 1. The van der Waals surface area contributed by atoms with Gasteiger partial charge in [0.25, 0.3) is 5.91 Å². The first-order chi connectivity index (χ1) is 9.77. The highest BCUT2D eigenvalue weighted by atomic mass is 32.2. The Kier molecular flexibility index (Phi) is 3.99. The first-order valence-corrected chi connectivity index (χ1v) is 8.14. The Morgan fingerprint density at radius 1 is 1.10 bits per heavy atom. The summed E-state index contributed by atoms with van der Waals surface area (Å²) in [6.45, 7) is 1.80. The lowest BCUT2D eigenvalue weighted by Crippen LogP contribution is -2.13. The van der Waals surface area contributed by atoms with Gasteiger partial charge in [-0.25, -0.2) is 8.42 Å². The van der Waals surface area contributed by atoms with E-state index >= 15 is 0 Å². The fourth-order valence-corrected chi connectivity index (χ4v) is 2.56. The van der Waals surface area contributed by atoms with Gasteiger partial charge in [-0.1, -0.05) is 0 Å². The largest absolute Gasteiger partial charge is 0.399 e. The zero-order valence-electron chi connectivity index (χ0n) is 11.8. The van der Waals surface area contributed by atoms with Crippen molar-refractivity contribution < 1.29 is 13.2 Å². The number of aryl methyl sites for hydroxylation is 1. The molecule has 1 amide bonds. The van der Waals surface area contributed by atoms with Crippen LogP contribution in [0.5, 0.6) is 0 Å². The molecule has 0 aliphatic heterocycles. The highest BCUT2D eigenvalue weighted by Gasteiger charge is 2.11. The Morgan fingerprint density at radius 2 is 1.71 bits per heavy atom. The molecule has 0 fully saturated rings. The molecule has 0 atom stereocenters. The minimum Gasteiger partial charge on any atom is -0.399 e. The summed E-state index contributed by atoms with van der Waals surface area (Å²) in [5.74, 6) is -0.264. The molecule has 2 aromatic rings. The predicted molar refractivity (Wildman–Crippen MR) is 83.1 cm³/mol. The fourth-order valence-electron chi connectivity index (χ4n) is 1.93. The second-order valence-corrected chi connectivity index (χ2v) is 6.84. The van der Waals surface area contributed by atoms with Gasteiger partial charge >= 0.3 is 0 Å². The summed E-state index contributed by atoms with van der Waals surface area (Å²) in [7, 11) is -3.24. The molecule has 0 radical (unpaired) electrons. The minimum absolute atomic E-state index is 0.212. The van der Waals surface area contributed by atoms with Crippen LogP contribution in [-0.4, -0.2) is 20.6 Å². The average molecular weight is 304 g/mol. The Bertz CT molecular complexity index is 781. The molecule has 2 rings (SSSR count). The van der Waals surface area contributed by atoms with E-state index in [9.17, 15) is 13.2 Å². The number of nitrogens with one attached hydrogen (secondary N) is 1. The molecule has 0 saturated carbocycles. The standard InChI is InChI=1S/C15H16N2O3S/c1-10-9-11(16)3-8-14(10)15(18)17-12-4-6-13(7-5-12)21(2,19)20/h3-9H,16H2,1-2H3,(H,17,18). The molecule has 3 N–H and O–H groups in total. The third kappa shape index (κ3) is 3.61. The maximum atomic E-state index is 12.2. The number of rotatable bonds is 3. The van der Waals surface area contributed by atoms with Crippen LogP contribution in [-0.2, 0) is 9.84 Å². The highest BCUT2D eigenvalue weighted by Crippen LogP contribution is 2.17. The predicted octanol–water partition coefficient (Wildman–Crippen LogP) is 2.23. The molecule has 6 heteroatoms. The summed E-state index contributed by atoms with van der Waals surface area (Å²) < 4.78 is 22.7. The van der Waals surface area contributed by atoms with E-state index in [2.05, 4.69) is 5.32 Å². The maximum Gasteiger partial charge on any atom is 0.255 e. The van der Waals surface area contributed by atoms with Crippen molar-refractivity contribution in [2.75, 3.05) is 17.3 Å². The molecule has 0 saturated heterocycles. The van der Waals surface area contributed by atoms with E-state index in [-0.39, 0.29) is 10.8 Å². The maximum absolute atomic E-state index is 12.2. The van der Waals surface area contributed by atoms with Crippen molar-refractivity contribution >= 4 is 27.1 Å². The molecule has 0 heterocycles. The van der Waals surface area contributed by atoms with Crippen LogP contribution in [0.15, 0.2) is 47.4 Å². The van der Waals surface area contributed by atoms with Gasteiger partial charge in [0, 0.05) is 23.2 Å². The molecule has 0 unspecified atom stereocenters. The molecular weight excluding hydrogens is 288 g/mol. The van der Waals surface area contributed by atoms with E-state index in [1.165, 1.54) is 12.1 Å². The number of amides is 1. The van der Waals surface area contributed by atoms with E-state index in [0.29, 0.717) is 16.9 Å². The Labute approximate surface area is 123 Å². The van der Waals surface area contributed by atoms with Crippen LogP contribution in [0, 0.1) is 6.92 Å². The summed E-state index contributed by atoms with van der Waals surface area (Å²) in [4.78, 5) is 12.4. The molecular formula is C15H16N2O3S. The number of anilines is 2. The van der Waals surface area contributed by atoms with Crippen molar-refractivity contribution in [1.29, 1.82) is 0 Å². The summed E-state index contributed by atoms with van der Waals surface area (Å²) in [6, 6.07) is 11.1. The van der Waals surface area contributed by atoms with Crippen LogP contribution in [0.2, 0.25) is 0 Å². The molecule has 0 aliphatic rings. The third-order valence-corrected chi connectivity index (χ3v) is 4.16. The van der Waals surface area contributed by atoms with Crippen molar-refractivity contribution in [2.24, 2.45) is 0 Å². The van der Waals surface area contributed by atoms with Crippen molar-refractivity contribution in [3.63, 3.8) is 0 Å². The van der Waals surface area contributed by atoms with Gasteiger partial charge in [0.05, 0.1) is 4.90 Å². The highest BCUT2D eigenvalue weighted by molar-refractivity contribution is 7.90. The van der Waals surface area contributed by atoms with Crippen LogP contribution in [0.1, 0.15) is 15.9 Å². The van der Waals surface area contributed by atoms with Gasteiger partial charge in [-0.05, 0) is 55.0 Å². The SMILES string of the molecule is Cc1cc(N)ccc1C(=O)Nc1ccc(S(C)(=O)=O)cc1. The number of carbonyl (C=O) groups excluding carboxylic acids is 1. The number of hydrogen-bond acceptors (Lipinski definition) is 4. The molecule has 0 spiro atoms. The Hall–Kier alpha value is -2.34. The third-order valence-electron chi connectivity index (χ3n) is 3.04. The number of carbonyl (C=O) groups is 1. The lowest BCUT2D eigenvalue weighted by atomic mass is 10.1. The fraction of sp³-hybridized carbons (Fsp3) is 0.133. The van der Waals surface area contributed by atoms with Gasteiger partial charge in [-0.2, -0.15) is 0 Å². The molecule has 110 valence electrons.